The summed E-state index contributed by atoms with van der Waals surface area (Å²) in [5, 5.41) is 3.66. The molecule has 1 fully saturated rings. The molecule has 1 saturated carbocycles. The Morgan fingerprint density at radius 3 is 2.21 bits per heavy atom. The van der Waals surface area contributed by atoms with Gasteiger partial charge in [-0.2, -0.15) is 0 Å². The predicted octanol–water partition coefficient (Wildman–Crippen LogP) is 2.96. The van der Waals surface area contributed by atoms with Crippen molar-refractivity contribution in [2.45, 2.75) is 64.5 Å². The van der Waals surface area contributed by atoms with Gasteiger partial charge in [-0.3, -0.25) is 0 Å². The third-order valence-electron chi connectivity index (χ3n) is 3.74. The van der Waals surface area contributed by atoms with Crippen molar-refractivity contribution in [1.82, 2.24) is 5.32 Å². The smallest absolute Gasteiger partial charge is 0.377 e. The van der Waals surface area contributed by atoms with Crippen molar-refractivity contribution in [1.29, 1.82) is 0 Å². The third kappa shape index (κ3) is 6.36. The molecule has 4 nitrogen and oxygen atoms in total. The molecule has 0 radical (unpaired) electrons. The van der Waals surface area contributed by atoms with Gasteiger partial charge in [0.1, 0.15) is 0 Å². The van der Waals surface area contributed by atoms with Gasteiger partial charge < -0.3 is 18.6 Å². The first kappa shape index (κ1) is 17.1. The lowest BCUT2D eigenvalue weighted by Gasteiger charge is -2.28. The number of nitrogens with one attached hydrogen (secondary N) is 1. The van der Waals surface area contributed by atoms with Gasteiger partial charge in [0.2, 0.25) is 0 Å². The summed E-state index contributed by atoms with van der Waals surface area (Å²) in [7, 11) is -0.682. The highest BCUT2D eigenvalue weighted by atomic mass is 28.4. The maximum absolute atomic E-state index is 5.78. The predicted molar refractivity (Wildman–Crippen MR) is 80.3 cm³/mol. The van der Waals surface area contributed by atoms with Crippen molar-refractivity contribution in [2.75, 3.05) is 26.9 Å². The van der Waals surface area contributed by atoms with Crippen molar-refractivity contribution in [3.8, 4) is 0 Å². The molecule has 0 aromatic carbocycles. The van der Waals surface area contributed by atoms with Gasteiger partial charge in [-0.15, -0.1) is 0 Å². The minimum Gasteiger partial charge on any atom is -0.377 e. The highest BCUT2D eigenvalue weighted by Gasteiger charge is 2.38. The number of hydrogen-bond donors (Lipinski definition) is 1. The van der Waals surface area contributed by atoms with E-state index in [0.717, 1.165) is 25.1 Å². The Morgan fingerprint density at radius 1 is 1.05 bits per heavy atom. The van der Waals surface area contributed by atoms with Crippen LogP contribution in [0.15, 0.2) is 0 Å². The van der Waals surface area contributed by atoms with Crippen LogP contribution in [0, 0.1) is 0 Å². The third-order valence-corrected chi connectivity index (χ3v) is 6.78. The Hall–Kier alpha value is 0.0569. The summed E-state index contributed by atoms with van der Waals surface area (Å²) in [5.41, 5.74) is 0. The van der Waals surface area contributed by atoms with Gasteiger partial charge >= 0.3 is 8.80 Å². The van der Waals surface area contributed by atoms with E-state index < -0.39 is 8.80 Å². The zero-order valence-electron chi connectivity index (χ0n) is 12.9. The van der Waals surface area contributed by atoms with Crippen LogP contribution in [-0.4, -0.2) is 41.7 Å². The highest BCUT2D eigenvalue weighted by Crippen LogP contribution is 2.19. The Balaban J connectivity index is 2.22. The molecule has 0 amide bonds. The molecule has 0 aliphatic heterocycles. The Bertz CT molecular complexity index is 217. The zero-order chi connectivity index (χ0) is 14.0. The first-order valence-electron chi connectivity index (χ1n) is 7.82. The zero-order valence-corrected chi connectivity index (χ0v) is 13.9. The molecule has 0 unspecified atom stereocenters. The van der Waals surface area contributed by atoms with Crippen molar-refractivity contribution in [3.05, 3.63) is 0 Å². The summed E-state index contributed by atoms with van der Waals surface area (Å²) in [6.45, 7) is 6.37. The van der Waals surface area contributed by atoms with Crippen molar-refractivity contribution >= 4 is 8.80 Å². The van der Waals surface area contributed by atoms with Crippen LogP contribution in [0.2, 0.25) is 6.04 Å². The van der Waals surface area contributed by atoms with E-state index in [1.54, 1.807) is 7.11 Å². The van der Waals surface area contributed by atoms with E-state index in [0.29, 0.717) is 13.2 Å². The number of hydrogen-bond acceptors (Lipinski definition) is 4. The molecule has 0 atom stereocenters. The first-order valence-corrected chi connectivity index (χ1v) is 9.76. The SMILES string of the molecule is CCO[Si](CCCNC1CCCCC1)(OC)OCC. The molecule has 1 N–H and O–H groups in total. The maximum Gasteiger partial charge on any atom is 0.500 e. The normalized spacial score (nSPS) is 17.8. The molecule has 114 valence electrons. The summed E-state index contributed by atoms with van der Waals surface area (Å²) >= 11 is 0. The molecule has 19 heavy (non-hydrogen) atoms. The average molecular weight is 289 g/mol. The minimum absolute atomic E-state index is 0.663. The molecule has 0 aromatic rings. The monoisotopic (exact) mass is 289 g/mol. The van der Waals surface area contributed by atoms with E-state index in [1.807, 2.05) is 13.8 Å². The summed E-state index contributed by atoms with van der Waals surface area (Å²) in [6.07, 6.45) is 7.91. The number of rotatable bonds is 10. The molecular weight excluding hydrogens is 258 g/mol. The second kappa shape index (κ2) is 9.88. The molecule has 0 heterocycles. The van der Waals surface area contributed by atoms with Crippen LogP contribution in [0.5, 0.6) is 0 Å². The molecule has 0 saturated heterocycles. The van der Waals surface area contributed by atoms with E-state index in [-0.39, 0.29) is 0 Å². The Kier molecular flexibility index (Phi) is 8.90. The van der Waals surface area contributed by atoms with Crippen LogP contribution < -0.4 is 5.32 Å². The maximum atomic E-state index is 5.78. The van der Waals surface area contributed by atoms with Gasteiger partial charge in [0.25, 0.3) is 0 Å². The van der Waals surface area contributed by atoms with E-state index in [9.17, 15) is 0 Å². The molecule has 1 rings (SSSR count). The fourth-order valence-corrected chi connectivity index (χ4v) is 5.06. The van der Waals surface area contributed by atoms with Crippen molar-refractivity contribution in [3.63, 3.8) is 0 Å². The lowest BCUT2D eigenvalue weighted by molar-refractivity contribution is 0.0860. The summed E-state index contributed by atoms with van der Waals surface area (Å²) < 4.78 is 17.1. The van der Waals surface area contributed by atoms with E-state index >= 15 is 0 Å². The van der Waals surface area contributed by atoms with Gasteiger partial charge in [0.15, 0.2) is 0 Å². The highest BCUT2D eigenvalue weighted by molar-refractivity contribution is 6.60. The van der Waals surface area contributed by atoms with Crippen LogP contribution in [0.1, 0.15) is 52.4 Å². The molecule has 5 heteroatoms. The lowest BCUT2D eigenvalue weighted by Crippen LogP contribution is -2.45. The minimum atomic E-state index is -2.40. The van der Waals surface area contributed by atoms with E-state index in [2.05, 4.69) is 5.32 Å². The second-order valence-corrected chi connectivity index (χ2v) is 8.00. The van der Waals surface area contributed by atoms with E-state index in [1.165, 1.54) is 32.1 Å². The van der Waals surface area contributed by atoms with Gasteiger partial charge in [-0.05, 0) is 39.7 Å². The van der Waals surface area contributed by atoms with Crippen molar-refractivity contribution in [2.24, 2.45) is 0 Å². The molecule has 0 bridgehead atoms. The van der Waals surface area contributed by atoms with Gasteiger partial charge in [0.05, 0.1) is 0 Å². The Morgan fingerprint density at radius 2 is 1.68 bits per heavy atom. The fraction of sp³-hybridized carbons (Fsp3) is 1.00. The van der Waals surface area contributed by atoms with Gasteiger partial charge in [-0.25, -0.2) is 0 Å². The molecular formula is C14H31NO3Si. The standard InChI is InChI=1S/C14H31NO3Si/c1-4-17-19(16-3,18-5-2)13-9-12-15-14-10-7-6-8-11-14/h14-15H,4-13H2,1-3H3. The quantitative estimate of drug-likeness (QED) is 0.496. The molecule has 1 aliphatic rings. The fourth-order valence-electron chi connectivity index (χ4n) is 2.76. The summed E-state index contributed by atoms with van der Waals surface area (Å²) in [4.78, 5) is 0. The largest absolute Gasteiger partial charge is 0.500 e. The Labute approximate surface area is 119 Å². The van der Waals surface area contributed by atoms with Crippen LogP contribution in [-0.2, 0) is 13.3 Å². The van der Waals surface area contributed by atoms with Crippen LogP contribution >= 0.6 is 0 Å². The summed E-state index contributed by atoms with van der Waals surface area (Å²) in [5.74, 6) is 0. The van der Waals surface area contributed by atoms with Gasteiger partial charge in [0, 0.05) is 32.4 Å². The molecule has 0 aromatic heterocycles. The van der Waals surface area contributed by atoms with Crippen LogP contribution in [0.3, 0.4) is 0 Å². The van der Waals surface area contributed by atoms with Gasteiger partial charge in [-0.1, -0.05) is 19.3 Å². The van der Waals surface area contributed by atoms with Crippen LogP contribution in [0.4, 0.5) is 0 Å². The second-order valence-electron chi connectivity index (χ2n) is 5.15. The van der Waals surface area contributed by atoms with Crippen molar-refractivity contribution < 1.29 is 13.3 Å². The molecule has 0 spiro atoms. The lowest BCUT2D eigenvalue weighted by atomic mass is 9.95. The summed E-state index contributed by atoms with van der Waals surface area (Å²) in [6, 6.07) is 1.64. The van der Waals surface area contributed by atoms with E-state index in [4.69, 9.17) is 13.3 Å². The average Bonchev–Trinajstić information content (AvgIpc) is 2.45. The molecule has 1 aliphatic carbocycles. The first-order chi connectivity index (χ1) is 9.26. The topological polar surface area (TPSA) is 39.7 Å². The van der Waals surface area contributed by atoms with Crippen LogP contribution in [0.25, 0.3) is 0 Å².